The average molecular weight is 264 g/mol. The van der Waals surface area contributed by atoms with Gasteiger partial charge in [-0.15, -0.1) is 0 Å². The molecule has 5 nitrogen and oxygen atoms in total. The van der Waals surface area contributed by atoms with Crippen LogP contribution in [0.1, 0.15) is 19.4 Å². The molecule has 0 aromatic heterocycles. The van der Waals surface area contributed by atoms with Gasteiger partial charge in [0.2, 0.25) is 0 Å². The third-order valence-electron chi connectivity index (χ3n) is 2.46. The van der Waals surface area contributed by atoms with E-state index in [0.717, 1.165) is 6.08 Å². The van der Waals surface area contributed by atoms with Crippen LogP contribution in [0.3, 0.4) is 0 Å². The molecule has 0 heterocycles. The largest absolute Gasteiger partial charge is 0.492 e. The normalized spacial score (nSPS) is 11.5. The second-order valence-electron chi connectivity index (χ2n) is 4.72. The number of ether oxygens (including phenoxy) is 1. The zero-order valence-corrected chi connectivity index (χ0v) is 10.8. The fraction of sp³-hybridized carbons (Fsp3) is 0.286. The molecule has 0 fully saturated rings. The van der Waals surface area contributed by atoms with E-state index >= 15 is 0 Å². The van der Waals surface area contributed by atoms with Crippen LogP contribution in [0.5, 0.6) is 5.75 Å². The molecular weight excluding hydrogens is 248 g/mol. The van der Waals surface area contributed by atoms with Crippen molar-refractivity contribution in [3.63, 3.8) is 0 Å². The van der Waals surface area contributed by atoms with Gasteiger partial charge in [-0.2, -0.15) is 0 Å². The summed E-state index contributed by atoms with van der Waals surface area (Å²) in [5.41, 5.74) is -0.305. The van der Waals surface area contributed by atoms with Crippen LogP contribution in [-0.4, -0.2) is 28.8 Å². The molecule has 2 N–H and O–H groups in total. The van der Waals surface area contributed by atoms with E-state index in [1.807, 2.05) is 0 Å². The van der Waals surface area contributed by atoms with E-state index < -0.39 is 17.4 Å². The lowest BCUT2D eigenvalue weighted by Gasteiger charge is -2.19. The zero-order chi connectivity index (χ0) is 14.5. The van der Waals surface area contributed by atoms with Gasteiger partial charge in [0.1, 0.15) is 12.4 Å². The summed E-state index contributed by atoms with van der Waals surface area (Å²) in [5, 5.41) is 17.5. The summed E-state index contributed by atoms with van der Waals surface area (Å²) < 4.78 is 5.42. The second kappa shape index (κ2) is 6.04. The van der Waals surface area contributed by atoms with Gasteiger partial charge in [-0.1, -0.05) is 12.1 Å². The maximum Gasteiger partial charge on any atom is 0.328 e. The minimum absolute atomic E-state index is 0.0361. The first kappa shape index (κ1) is 14.8. The summed E-state index contributed by atoms with van der Waals surface area (Å²) in [6, 6.07) is 6.78. The Kier molecular flexibility index (Phi) is 4.69. The summed E-state index contributed by atoms with van der Waals surface area (Å²) in [4.78, 5) is 21.3. The van der Waals surface area contributed by atoms with Gasteiger partial charge in [-0.3, -0.25) is 4.79 Å². The molecule has 0 atom stereocenters. The topological polar surface area (TPSA) is 83.8 Å². The number of hydrogen-bond donors (Lipinski definition) is 2. The van der Waals surface area contributed by atoms with E-state index in [0.29, 0.717) is 11.3 Å². The van der Waals surface area contributed by atoms with Crippen molar-refractivity contribution < 1.29 is 24.5 Å². The lowest BCUT2D eigenvalue weighted by molar-refractivity contribution is -0.148. The first-order chi connectivity index (χ1) is 8.81. The maximum atomic E-state index is 10.9. The third kappa shape index (κ3) is 4.83. The molecule has 0 unspecified atom stereocenters. The van der Waals surface area contributed by atoms with Crippen LogP contribution in [0.4, 0.5) is 0 Å². The Hall–Kier alpha value is -2.30. The first-order valence-electron chi connectivity index (χ1n) is 5.68. The molecule has 1 rings (SSSR count). The molecule has 0 saturated heterocycles. The predicted octanol–water partition coefficient (Wildman–Crippen LogP) is 2.27. The van der Waals surface area contributed by atoms with Gasteiger partial charge < -0.3 is 14.9 Å². The van der Waals surface area contributed by atoms with Gasteiger partial charge >= 0.3 is 11.9 Å². The number of carboxylic acids is 2. The third-order valence-corrected chi connectivity index (χ3v) is 2.46. The fourth-order valence-corrected chi connectivity index (χ4v) is 1.20. The van der Waals surface area contributed by atoms with Gasteiger partial charge in [-0.25, -0.2) is 4.79 Å². The summed E-state index contributed by atoms with van der Waals surface area (Å²) in [6.07, 6.45) is 2.47. The maximum absolute atomic E-state index is 10.9. The number of rotatable bonds is 6. The van der Waals surface area contributed by atoms with Crippen molar-refractivity contribution >= 4 is 18.0 Å². The Morgan fingerprint density at radius 3 is 2.58 bits per heavy atom. The highest BCUT2D eigenvalue weighted by Gasteiger charge is 2.28. The molecule has 0 bridgehead atoms. The zero-order valence-electron chi connectivity index (χ0n) is 10.8. The Labute approximate surface area is 111 Å². The van der Waals surface area contributed by atoms with Crippen molar-refractivity contribution in [1.29, 1.82) is 0 Å². The molecule has 0 aliphatic carbocycles. The van der Waals surface area contributed by atoms with E-state index in [9.17, 15) is 9.59 Å². The number of carboxylic acid groups (broad SMARTS) is 2. The molecule has 1 aromatic rings. The van der Waals surface area contributed by atoms with E-state index in [2.05, 4.69) is 0 Å². The first-order valence-corrected chi connectivity index (χ1v) is 5.68. The van der Waals surface area contributed by atoms with Gasteiger partial charge in [0, 0.05) is 6.08 Å². The van der Waals surface area contributed by atoms with Crippen LogP contribution >= 0.6 is 0 Å². The van der Waals surface area contributed by atoms with Crippen LogP contribution in [0.2, 0.25) is 0 Å². The summed E-state index contributed by atoms with van der Waals surface area (Å²) in [6.45, 7) is 3.18. The highest BCUT2D eigenvalue weighted by atomic mass is 16.5. The Balaban J connectivity index is 2.73. The van der Waals surface area contributed by atoms with Crippen molar-refractivity contribution in [3.8, 4) is 5.75 Å². The molecule has 1 aromatic carbocycles. The predicted molar refractivity (Wildman–Crippen MR) is 70.0 cm³/mol. The molecule has 0 aliphatic rings. The highest BCUT2D eigenvalue weighted by Crippen LogP contribution is 2.20. The van der Waals surface area contributed by atoms with Crippen molar-refractivity contribution in [2.24, 2.45) is 5.41 Å². The Morgan fingerprint density at radius 2 is 2.00 bits per heavy atom. The van der Waals surface area contributed by atoms with Crippen LogP contribution in [0.25, 0.3) is 6.08 Å². The van der Waals surface area contributed by atoms with Gasteiger partial charge in [0.25, 0.3) is 0 Å². The molecule has 19 heavy (non-hydrogen) atoms. The molecule has 0 radical (unpaired) electrons. The van der Waals surface area contributed by atoms with Gasteiger partial charge in [0.15, 0.2) is 0 Å². The summed E-state index contributed by atoms with van der Waals surface area (Å²) in [5.74, 6) is -1.46. The van der Waals surface area contributed by atoms with Crippen molar-refractivity contribution in [1.82, 2.24) is 0 Å². The van der Waals surface area contributed by atoms with Crippen LogP contribution < -0.4 is 4.74 Å². The van der Waals surface area contributed by atoms with Crippen LogP contribution in [0.15, 0.2) is 30.3 Å². The molecular formula is C14H16O5. The Morgan fingerprint density at radius 1 is 1.32 bits per heavy atom. The van der Waals surface area contributed by atoms with E-state index in [1.54, 1.807) is 38.1 Å². The molecule has 0 spiro atoms. The lowest BCUT2D eigenvalue weighted by atomic mass is 9.95. The van der Waals surface area contributed by atoms with E-state index in [4.69, 9.17) is 14.9 Å². The minimum Gasteiger partial charge on any atom is -0.492 e. The quantitative estimate of drug-likeness (QED) is 0.770. The average Bonchev–Trinajstić information content (AvgIpc) is 2.34. The molecule has 5 heteroatoms. The van der Waals surface area contributed by atoms with E-state index in [-0.39, 0.29) is 6.61 Å². The monoisotopic (exact) mass is 264 g/mol. The SMILES string of the molecule is CC(C)(COc1cccc(C=CC(=O)O)c1)C(=O)O. The van der Waals surface area contributed by atoms with E-state index in [1.165, 1.54) is 6.08 Å². The minimum atomic E-state index is -1.03. The summed E-state index contributed by atoms with van der Waals surface area (Å²) >= 11 is 0. The number of carbonyl (C=O) groups is 2. The number of hydrogen-bond acceptors (Lipinski definition) is 3. The number of aliphatic carboxylic acids is 2. The molecule has 102 valence electrons. The van der Waals surface area contributed by atoms with Gasteiger partial charge in [0.05, 0.1) is 5.41 Å². The smallest absolute Gasteiger partial charge is 0.328 e. The van der Waals surface area contributed by atoms with Crippen molar-refractivity contribution in [2.75, 3.05) is 6.61 Å². The van der Waals surface area contributed by atoms with Crippen LogP contribution in [-0.2, 0) is 9.59 Å². The number of benzene rings is 1. The van der Waals surface area contributed by atoms with Crippen LogP contribution in [0, 0.1) is 5.41 Å². The van der Waals surface area contributed by atoms with Gasteiger partial charge in [-0.05, 0) is 37.6 Å². The molecule has 0 amide bonds. The summed E-state index contributed by atoms with van der Waals surface area (Å²) in [7, 11) is 0. The standard InChI is InChI=1S/C14H16O5/c1-14(2,13(17)18)9-19-11-5-3-4-10(8-11)6-7-12(15)16/h3-8H,9H2,1-2H3,(H,15,16)(H,17,18). The van der Waals surface area contributed by atoms with Crippen molar-refractivity contribution in [3.05, 3.63) is 35.9 Å². The Bertz CT molecular complexity index is 502. The second-order valence-corrected chi connectivity index (χ2v) is 4.72. The lowest BCUT2D eigenvalue weighted by Crippen LogP contribution is -2.30. The molecule has 0 saturated carbocycles. The fourth-order valence-electron chi connectivity index (χ4n) is 1.20. The molecule has 0 aliphatic heterocycles. The van der Waals surface area contributed by atoms with Crippen molar-refractivity contribution in [2.45, 2.75) is 13.8 Å². The highest BCUT2D eigenvalue weighted by molar-refractivity contribution is 5.85.